The highest BCUT2D eigenvalue weighted by molar-refractivity contribution is 6.31. The van der Waals surface area contributed by atoms with Gasteiger partial charge in [0.2, 0.25) is 5.88 Å². The van der Waals surface area contributed by atoms with Crippen LogP contribution in [0.25, 0.3) is 0 Å². The Labute approximate surface area is 162 Å². The molecule has 28 heavy (non-hydrogen) atoms. The number of nitrogens with zero attached hydrogens (tertiary/aromatic N) is 2. The fourth-order valence-corrected chi connectivity index (χ4v) is 2.51. The molecule has 2 aromatic rings. The van der Waals surface area contributed by atoms with E-state index >= 15 is 0 Å². The number of pyridine rings is 1. The minimum atomic E-state index is -4.40. The van der Waals surface area contributed by atoms with E-state index in [2.05, 4.69) is 9.98 Å². The minimum Gasteiger partial charge on any atom is -0.481 e. The Kier molecular flexibility index (Phi) is 6.68. The summed E-state index contributed by atoms with van der Waals surface area (Å²) in [6.45, 7) is 0.251. The zero-order chi connectivity index (χ0) is 20.9. The molecule has 3 rings (SSSR count). The number of aromatic nitrogens is 1. The molecule has 0 saturated heterocycles. The first kappa shape index (κ1) is 21.3. The molecule has 0 fully saturated rings. The summed E-state index contributed by atoms with van der Waals surface area (Å²) in [7, 11) is 0. The number of hydrogen-bond donors (Lipinski definition) is 3. The van der Waals surface area contributed by atoms with Crippen LogP contribution in [0.5, 0.6) is 5.88 Å². The number of aliphatic imine (C=N–C) groups is 1. The molecule has 1 aromatic heterocycles. The molecule has 1 atom stereocenters. The Bertz CT molecular complexity index is 886. The van der Waals surface area contributed by atoms with Crippen LogP contribution in [0.2, 0.25) is 5.02 Å². The molecule has 11 heteroatoms. The van der Waals surface area contributed by atoms with Gasteiger partial charge in [0.25, 0.3) is 0 Å². The first-order valence-corrected chi connectivity index (χ1v) is 8.19. The van der Waals surface area contributed by atoms with Crippen LogP contribution in [0, 0.1) is 0 Å². The number of halogens is 4. The smallest absolute Gasteiger partial charge is 0.416 e. The fraction of sp³-hybridized carbons (Fsp3) is 0.235. The predicted molar refractivity (Wildman–Crippen MR) is 96.1 cm³/mol. The highest BCUT2D eigenvalue weighted by Gasteiger charge is 2.31. The maximum Gasteiger partial charge on any atom is 0.416 e. The van der Waals surface area contributed by atoms with Crippen molar-refractivity contribution in [3.63, 3.8) is 0 Å². The van der Waals surface area contributed by atoms with Crippen molar-refractivity contribution >= 4 is 23.5 Å². The predicted octanol–water partition coefficient (Wildman–Crippen LogP) is 2.77. The Morgan fingerprint density at radius 1 is 1.36 bits per heavy atom. The largest absolute Gasteiger partial charge is 0.481 e. The van der Waals surface area contributed by atoms with Crippen molar-refractivity contribution in [3.05, 3.63) is 58.2 Å². The van der Waals surface area contributed by atoms with E-state index in [0.717, 1.165) is 12.1 Å². The molecule has 1 aliphatic heterocycles. The van der Waals surface area contributed by atoms with Gasteiger partial charge in [-0.15, -0.1) is 0 Å². The van der Waals surface area contributed by atoms with Crippen molar-refractivity contribution in [2.24, 2.45) is 16.5 Å². The van der Waals surface area contributed by atoms with E-state index in [1.165, 1.54) is 6.07 Å². The van der Waals surface area contributed by atoms with Crippen LogP contribution in [0.1, 0.15) is 22.6 Å². The van der Waals surface area contributed by atoms with Gasteiger partial charge in [0.05, 0.1) is 12.1 Å². The lowest BCUT2D eigenvalue weighted by atomic mass is 10.0. The third kappa shape index (κ3) is 5.49. The zero-order valence-corrected chi connectivity index (χ0v) is 15.0. The van der Waals surface area contributed by atoms with Crippen LogP contribution in [0.4, 0.5) is 13.2 Å². The van der Waals surface area contributed by atoms with Gasteiger partial charge in [-0.25, -0.2) is 9.98 Å². The van der Waals surface area contributed by atoms with Crippen LogP contribution in [-0.2, 0) is 17.5 Å². The van der Waals surface area contributed by atoms with E-state index in [1.807, 2.05) is 0 Å². The Morgan fingerprint density at radius 2 is 2.07 bits per heavy atom. The Hall–Kier alpha value is -3.01. The van der Waals surface area contributed by atoms with E-state index in [9.17, 15) is 18.0 Å². The van der Waals surface area contributed by atoms with Crippen molar-refractivity contribution in [2.45, 2.75) is 18.6 Å². The summed E-state index contributed by atoms with van der Waals surface area (Å²) in [4.78, 5) is 18.2. The third-order valence-corrected chi connectivity index (χ3v) is 4.03. The SMILES string of the molecule is NC(N)=NCc1ccc(C(F)(F)F)cc1Cl.O=C(O)C1COc2ncccc21. The van der Waals surface area contributed by atoms with Gasteiger partial charge in [0.1, 0.15) is 12.5 Å². The molecule has 0 amide bonds. The number of rotatable bonds is 3. The minimum absolute atomic E-state index is 0.0141. The quantitative estimate of drug-likeness (QED) is 0.522. The summed E-state index contributed by atoms with van der Waals surface area (Å²) in [5.74, 6) is -1.10. The van der Waals surface area contributed by atoms with Crippen molar-refractivity contribution in [1.29, 1.82) is 0 Å². The van der Waals surface area contributed by atoms with Gasteiger partial charge in [0, 0.05) is 16.8 Å². The number of aliphatic carboxylic acids is 1. The van der Waals surface area contributed by atoms with E-state index in [4.69, 9.17) is 32.9 Å². The van der Waals surface area contributed by atoms with E-state index < -0.39 is 23.6 Å². The molecule has 1 unspecified atom stereocenters. The molecule has 7 nitrogen and oxygen atoms in total. The molecule has 1 aromatic carbocycles. The summed E-state index contributed by atoms with van der Waals surface area (Å²) in [5, 5.41) is 8.74. The lowest BCUT2D eigenvalue weighted by Crippen LogP contribution is -2.22. The maximum absolute atomic E-state index is 12.3. The summed E-state index contributed by atoms with van der Waals surface area (Å²) in [6, 6.07) is 6.47. The molecule has 150 valence electrons. The lowest BCUT2D eigenvalue weighted by Gasteiger charge is -2.08. The van der Waals surface area contributed by atoms with Crippen LogP contribution in [0.15, 0.2) is 41.5 Å². The van der Waals surface area contributed by atoms with E-state index in [1.54, 1.807) is 18.3 Å². The maximum atomic E-state index is 12.3. The molecule has 2 heterocycles. The number of carboxylic acid groups (broad SMARTS) is 1. The van der Waals surface area contributed by atoms with Crippen molar-refractivity contribution < 1.29 is 27.8 Å². The molecular formula is C17H16ClF3N4O3. The first-order valence-electron chi connectivity index (χ1n) is 7.81. The van der Waals surface area contributed by atoms with Gasteiger partial charge < -0.3 is 21.3 Å². The van der Waals surface area contributed by atoms with Gasteiger partial charge in [-0.3, -0.25) is 4.79 Å². The number of guanidine groups is 1. The second kappa shape index (κ2) is 8.79. The Balaban J connectivity index is 0.000000207. The first-order chi connectivity index (χ1) is 13.1. The molecule has 0 spiro atoms. The zero-order valence-electron chi connectivity index (χ0n) is 14.3. The second-order valence-electron chi connectivity index (χ2n) is 5.64. The Morgan fingerprint density at radius 3 is 2.64 bits per heavy atom. The standard InChI is InChI=1S/C9H9ClF3N3.C8H7NO3/c10-7-3-6(9(11,12)13)2-1-5(7)4-16-8(14)15;10-8(11)6-4-12-7-5(6)2-1-3-9-7/h1-3H,4H2,(H4,14,15,16);1-3,6H,4H2,(H,10,11). The summed E-state index contributed by atoms with van der Waals surface area (Å²) in [6.07, 6.45) is -2.82. The highest BCUT2D eigenvalue weighted by atomic mass is 35.5. The summed E-state index contributed by atoms with van der Waals surface area (Å²) >= 11 is 5.67. The van der Waals surface area contributed by atoms with Crippen LogP contribution in [0.3, 0.4) is 0 Å². The van der Waals surface area contributed by atoms with Crippen LogP contribution in [-0.4, -0.2) is 28.6 Å². The number of alkyl halides is 3. The molecule has 0 saturated carbocycles. The number of carboxylic acids is 1. The molecule has 1 aliphatic rings. The monoisotopic (exact) mass is 416 g/mol. The van der Waals surface area contributed by atoms with Crippen molar-refractivity contribution in [3.8, 4) is 5.88 Å². The number of carbonyl (C=O) groups is 1. The topological polar surface area (TPSA) is 124 Å². The molecule has 0 aliphatic carbocycles. The normalized spacial score (nSPS) is 14.9. The van der Waals surface area contributed by atoms with Crippen LogP contribution >= 0.6 is 11.6 Å². The van der Waals surface area contributed by atoms with Gasteiger partial charge in [-0.1, -0.05) is 23.7 Å². The van der Waals surface area contributed by atoms with Crippen LogP contribution < -0.4 is 16.2 Å². The molecular weight excluding hydrogens is 401 g/mol. The highest BCUT2D eigenvalue weighted by Crippen LogP contribution is 2.32. The molecule has 0 bridgehead atoms. The number of ether oxygens (including phenoxy) is 1. The third-order valence-electron chi connectivity index (χ3n) is 3.67. The van der Waals surface area contributed by atoms with Crippen molar-refractivity contribution in [2.75, 3.05) is 6.61 Å². The number of hydrogen-bond acceptors (Lipinski definition) is 4. The molecule has 5 N–H and O–H groups in total. The number of fused-ring (bicyclic) bond motifs is 1. The average molecular weight is 417 g/mol. The average Bonchev–Trinajstić information content (AvgIpc) is 3.04. The van der Waals surface area contributed by atoms with Gasteiger partial charge in [0.15, 0.2) is 5.96 Å². The molecule has 0 radical (unpaired) electrons. The summed E-state index contributed by atoms with van der Waals surface area (Å²) in [5.41, 5.74) is 10.5. The van der Waals surface area contributed by atoms with Crippen molar-refractivity contribution in [1.82, 2.24) is 4.98 Å². The van der Waals surface area contributed by atoms with Gasteiger partial charge >= 0.3 is 12.1 Å². The van der Waals surface area contributed by atoms with E-state index in [-0.39, 0.29) is 24.1 Å². The van der Waals surface area contributed by atoms with Gasteiger partial charge in [-0.2, -0.15) is 13.2 Å². The second-order valence-corrected chi connectivity index (χ2v) is 6.05. The number of benzene rings is 1. The van der Waals surface area contributed by atoms with Gasteiger partial charge in [-0.05, 0) is 23.8 Å². The number of nitrogens with two attached hydrogens (primary N) is 2. The lowest BCUT2D eigenvalue weighted by molar-refractivity contribution is -0.139. The van der Waals surface area contributed by atoms with E-state index in [0.29, 0.717) is 17.0 Å². The summed E-state index contributed by atoms with van der Waals surface area (Å²) < 4.78 is 41.9. The fourth-order valence-electron chi connectivity index (χ4n) is 2.27.